The maximum absolute atomic E-state index is 12.4. The molecule has 0 aliphatic carbocycles. The first-order valence-corrected chi connectivity index (χ1v) is 7.94. The minimum atomic E-state index is -0.437. The van der Waals surface area contributed by atoms with Gasteiger partial charge in [-0.1, -0.05) is 36.4 Å². The van der Waals surface area contributed by atoms with Gasteiger partial charge in [0.25, 0.3) is 5.91 Å². The maximum atomic E-state index is 12.4. The van der Waals surface area contributed by atoms with Crippen LogP contribution in [-0.2, 0) is 6.54 Å². The number of nitrogens with zero attached hydrogens (tertiary/aromatic N) is 2. The van der Waals surface area contributed by atoms with Crippen LogP contribution in [0.2, 0.25) is 0 Å². The van der Waals surface area contributed by atoms with E-state index in [9.17, 15) is 15.0 Å². The average molecular weight is 337 g/mol. The number of aliphatic hydroxyl groups is 1. The quantitative estimate of drug-likeness (QED) is 0.668. The highest BCUT2D eigenvalue weighted by molar-refractivity contribution is 6.05. The van der Waals surface area contributed by atoms with Crippen LogP contribution >= 0.6 is 0 Å². The molecule has 3 rings (SSSR count). The van der Waals surface area contributed by atoms with E-state index in [2.05, 4.69) is 10.4 Å². The lowest BCUT2D eigenvalue weighted by Gasteiger charge is -2.08. The molecule has 0 radical (unpaired) electrons. The Hall–Kier alpha value is -3.12. The van der Waals surface area contributed by atoms with Crippen molar-refractivity contribution < 1.29 is 15.0 Å². The molecule has 6 nitrogen and oxygen atoms in total. The van der Waals surface area contributed by atoms with E-state index in [0.29, 0.717) is 11.5 Å². The van der Waals surface area contributed by atoms with Crippen LogP contribution < -0.4 is 5.32 Å². The van der Waals surface area contributed by atoms with E-state index in [1.807, 2.05) is 31.2 Å². The van der Waals surface area contributed by atoms with Crippen molar-refractivity contribution in [3.63, 3.8) is 0 Å². The van der Waals surface area contributed by atoms with Gasteiger partial charge in [-0.3, -0.25) is 4.79 Å². The number of para-hydroxylation sites is 1. The van der Waals surface area contributed by atoms with E-state index in [-0.39, 0.29) is 24.5 Å². The molecular formula is C19H19N3O3. The molecule has 1 heterocycles. The first kappa shape index (κ1) is 16.7. The molecule has 0 saturated carbocycles. The van der Waals surface area contributed by atoms with Crippen molar-refractivity contribution in [3.05, 3.63) is 65.7 Å². The molecule has 0 saturated heterocycles. The molecule has 0 fully saturated rings. The molecule has 3 aromatic rings. The second-order valence-corrected chi connectivity index (χ2v) is 5.65. The zero-order valence-electron chi connectivity index (χ0n) is 13.8. The van der Waals surface area contributed by atoms with Crippen LogP contribution in [0.4, 0.5) is 5.82 Å². The molecule has 1 aromatic heterocycles. The van der Waals surface area contributed by atoms with Crippen molar-refractivity contribution in [2.45, 2.75) is 13.5 Å². The monoisotopic (exact) mass is 337 g/mol. The minimum Gasteiger partial charge on any atom is -0.507 e. The summed E-state index contributed by atoms with van der Waals surface area (Å²) in [7, 11) is 0. The molecule has 1 amide bonds. The number of aryl methyl sites for hydroxylation is 1. The largest absolute Gasteiger partial charge is 0.507 e. The summed E-state index contributed by atoms with van der Waals surface area (Å²) in [5.74, 6) is -0.0681. The Kier molecular flexibility index (Phi) is 4.81. The summed E-state index contributed by atoms with van der Waals surface area (Å²) in [4.78, 5) is 12.4. The number of carbonyl (C=O) groups is 1. The van der Waals surface area contributed by atoms with Crippen molar-refractivity contribution >= 4 is 11.7 Å². The van der Waals surface area contributed by atoms with Crippen LogP contribution in [0, 0.1) is 6.92 Å². The van der Waals surface area contributed by atoms with Gasteiger partial charge in [-0.25, -0.2) is 4.68 Å². The Morgan fingerprint density at radius 1 is 1.16 bits per heavy atom. The third-order valence-corrected chi connectivity index (χ3v) is 3.90. The first-order valence-electron chi connectivity index (χ1n) is 7.94. The maximum Gasteiger partial charge on any atom is 0.260 e. The normalized spacial score (nSPS) is 10.6. The number of phenols is 1. The number of rotatable bonds is 5. The van der Waals surface area contributed by atoms with E-state index in [0.717, 1.165) is 11.1 Å². The second-order valence-electron chi connectivity index (χ2n) is 5.65. The lowest BCUT2D eigenvalue weighted by Crippen LogP contribution is -2.16. The predicted octanol–water partition coefficient (Wildman–Crippen LogP) is 2.81. The highest BCUT2D eigenvalue weighted by Gasteiger charge is 2.16. The van der Waals surface area contributed by atoms with Crippen LogP contribution in [0.1, 0.15) is 15.9 Å². The van der Waals surface area contributed by atoms with Gasteiger partial charge in [0.1, 0.15) is 11.6 Å². The zero-order valence-corrected chi connectivity index (χ0v) is 13.8. The summed E-state index contributed by atoms with van der Waals surface area (Å²) in [6.07, 6.45) is 0. The first-order chi connectivity index (χ1) is 12.1. The molecule has 6 heteroatoms. The number of nitrogens with one attached hydrogen (secondary N) is 1. The van der Waals surface area contributed by atoms with Gasteiger partial charge >= 0.3 is 0 Å². The summed E-state index contributed by atoms with van der Waals surface area (Å²) >= 11 is 0. The topological polar surface area (TPSA) is 87.4 Å². The molecule has 0 spiro atoms. The van der Waals surface area contributed by atoms with Gasteiger partial charge in [0.05, 0.1) is 24.4 Å². The number of amides is 1. The van der Waals surface area contributed by atoms with Gasteiger partial charge in [-0.2, -0.15) is 5.10 Å². The smallest absolute Gasteiger partial charge is 0.260 e. The second kappa shape index (κ2) is 7.19. The van der Waals surface area contributed by atoms with E-state index < -0.39 is 5.91 Å². The average Bonchev–Trinajstić information content (AvgIpc) is 2.98. The van der Waals surface area contributed by atoms with Gasteiger partial charge in [-0.15, -0.1) is 0 Å². The zero-order chi connectivity index (χ0) is 17.8. The fourth-order valence-electron chi connectivity index (χ4n) is 2.62. The molecule has 25 heavy (non-hydrogen) atoms. The van der Waals surface area contributed by atoms with Crippen LogP contribution in [0.5, 0.6) is 5.75 Å². The molecule has 0 aliphatic heterocycles. The van der Waals surface area contributed by atoms with Gasteiger partial charge in [0.15, 0.2) is 0 Å². The number of phenolic OH excluding ortho intramolecular Hbond substituents is 1. The Bertz CT molecular complexity index is 902. The minimum absolute atomic E-state index is 0.0904. The number of aromatic hydroxyl groups is 1. The number of aromatic nitrogens is 2. The summed E-state index contributed by atoms with van der Waals surface area (Å²) in [5.41, 5.74) is 2.91. The van der Waals surface area contributed by atoms with Crippen LogP contribution in [0.3, 0.4) is 0 Å². The molecule has 3 N–H and O–H groups in total. The molecule has 0 aliphatic rings. The summed E-state index contributed by atoms with van der Waals surface area (Å²) in [6, 6.07) is 15.9. The molecule has 0 unspecified atom stereocenters. The van der Waals surface area contributed by atoms with Crippen LogP contribution in [0.25, 0.3) is 11.3 Å². The standard InChI is InChI=1S/C19H19N3O3/c1-13-6-2-3-7-14(13)16-12-18(22(21-16)10-11-23)20-19(25)15-8-4-5-9-17(15)24/h2-9,12,23-24H,10-11H2,1H3,(H,20,25). The number of aliphatic hydroxyl groups excluding tert-OH is 1. The summed E-state index contributed by atoms with van der Waals surface area (Å²) in [5, 5.41) is 26.3. The number of benzene rings is 2. The highest BCUT2D eigenvalue weighted by Crippen LogP contribution is 2.26. The van der Waals surface area contributed by atoms with Gasteiger partial charge < -0.3 is 15.5 Å². The van der Waals surface area contributed by atoms with Crippen molar-refractivity contribution in [1.82, 2.24) is 9.78 Å². The van der Waals surface area contributed by atoms with Crippen molar-refractivity contribution in [3.8, 4) is 17.0 Å². The van der Waals surface area contributed by atoms with Gasteiger partial charge in [0.2, 0.25) is 0 Å². The van der Waals surface area contributed by atoms with Gasteiger partial charge in [0, 0.05) is 11.6 Å². The SMILES string of the molecule is Cc1ccccc1-c1cc(NC(=O)c2ccccc2O)n(CCO)n1. The fourth-order valence-corrected chi connectivity index (χ4v) is 2.62. The number of anilines is 1. The number of hydrogen-bond acceptors (Lipinski definition) is 4. The molecule has 128 valence electrons. The van der Waals surface area contributed by atoms with Crippen LogP contribution in [0.15, 0.2) is 54.6 Å². The number of carbonyl (C=O) groups excluding carboxylic acids is 1. The fraction of sp³-hybridized carbons (Fsp3) is 0.158. The van der Waals surface area contributed by atoms with Crippen molar-refractivity contribution in [2.24, 2.45) is 0 Å². The predicted molar refractivity (Wildman–Crippen MR) is 95.5 cm³/mol. The highest BCUT2D eigenvalue weighted by atomic mass is 16.3. The molecule has 0 atom stereocenters. The Labute approximate surface area is 145 Å². The third-order valence-electron chi connectivity index (χ3n) is 3.90. The summed E-state index contributed by atoms with van der Waals surface area (Å²) in [6.45, 7) is 2.14. The Morgan fingerprint density at radius 3 is 2.60 bits per heavy atom. The lowest BCUT2D eigenvalue weighted by molar-refractivity contribution is 0.102. The number of hydrogen-bond donors (Lipinski definition) is 3. The van der Waals surface area contributed by atoms with Crippen molar-refractivity contribution in [2.75, 3.05) is 11.9 Å². The lowest BCUT2D eigenvalue weighted by atomic mass is 10.1. The molecular weight excluding hydrogens is 318 g/mol. The van der Waals surface area contributed by atoms with Gasteiger partial charge in [-0.05, 0) is 24.6 Å². The Morgan fingerprint density at radius 2 is 1.88 bits per heavy atom. The van der Waals surface area contributed by atoms with E-state index in [1.165, 1.54) is 6.07 Å². The molecule has 0 bridgehead atoms. The van der Waals surface area contributed by atoms with Crippen molar-refractivity contribution in [1.29, 1.82) is 0 Å². The summed E-state index contributed by atoms with van der Waals surface area (Å²) < 4.78 is 1.54. The van der Waals surface area contributed by atoms with E-state index in [1.54, 1.807) is 28.9 Å². The van der Waals surface area contributed by atoms with Crippen LogP contribution in [-0.4, -0.2) is 32.5 Å². The van der Waals surface area contributed by atoms with E-state index >= 15 is 0 Å². The Balaban J connectivity index is 1.94. The van der Waals surface area contributed by atoms with E-state index in [4.69, 9.17) is 0 Å². The molecule has 2 aromatic carbocycles. The third kappa shape index (κ3) is 3.54.